The zero-order valence-electron chi connectivity index (χ0n) is 13.8. The van der Waals surface area contributed by atoms with E-state index in [0.717, 1.165) is 29.4 Å². The molecule has 0 atom stereocenters. The van der Waals surface area contributed by atoms with Crippen molar-refractivity contribution in [3.05, 3.63) is 59.1 Å². The summed E-state index contributed by atoms with van der Waals surface area (Å²) in [5, 5.41) is 3.59. The van der Waals surface area contributed by atoms with Crippen molar-refractivity contribution >= 4 is 17.5 Å². The standard InChI is InChI=1S/C19H22ClNO3/c1-23-17-9-11-18(12-10-17)24-14-13-21-19(22)4-2-3-15-5-7-16(20)8-6-15/h5-12H,2-4,13-14H2,1H3,(H,21,22). The zero-order chi connectivity index (χ0) is 17.2. The Bertz CT molecular complexity index is 626. The largest absolute Gasteiger partial charge is 0.497 e. The van der Waals surface area contributed by atoms with Gasteiger partial charge in [-0.3, -0.25) is 4.79 Å². The quantitative estimate of drug-likeness (QED) is 0.700. The van der Waals surface area contributed by atoms with Crippen LogP contribution in [0.5, 0.6) is 11.5 Å². The summed E-state index contributed by atoms with van der Waals surface area (Å²) in [4.78, 5) is 11.8. The van der Waals surface area contributed by atoms with E-state index in [1.807, 2.05) is 48.5 Å². The van der Waals surface area contributed by atoms with Crippen molar-refractivity contribution in [1.29, 1.82) is 0 Å². The molecule has 0 unspecified atom stereocenters. The molecule has 0 saturated heterocycles. The molecule has 5 heteroatoms. The molecule has 0 heterocycles. The number of rotatable bonds is 9. The first-order chi connectivity index (χ1) is 11.7. The van der Waals surface area contributed by atoms with Crippen LogP contribution in [0.4, 0.5) is 0 Å². The lowest BCUT2D eigenvalue weighted by Gasteiger charge is -2.08. The Hall–Kier alpha value is -2.20. The van der Waals surface area contributed by atoms with Crippen molar-refractivity contribution in [3.63, 3.8) is 0 Å². The lowest BCUT2D eigenvalue weighted by molar-refractivity contribution is -0.121. The minimum absolute atomic E-state index is 0.0438. The Kier molecular flexibility index (Phi) is 7.43. The van der Waals surface area contributed by atoms with Gasteiger partial charge in [-0.2, -0.15) is 0 Å². The molecule has 0 bridgehead atoms. The molecule has 0 aromatic heterocycles. The summed E-state index contributed by atoms with van der Waals surface area (Å²) in [6.45, 7) is 0.932. The Balaban J connectivity index is 1.56. The predicted molar refractivity (Wildman–Crippen MR) is 95.9 cm³/mol. The molecule has 0 fully saturated rings. The second-order valence-electron chi connectivity index (χ2n) is 5.35. The minimum atomic E-state index is 0.0438. The number of carbonyl (C=O) groups excluding carboxylic acids is 1. The van der Waals surface area contributed by atoms with Crippen LogP contribution in [-0.4, -0.2) is 26.2 Å². The maximum atomic E-state index is 11.8. The highest BCUT2D eigenvalue weighted by Gasteiger charge is 2.02. The van der Waals surface area contributed by atoms with Gasteiger partial charge in [0, 0.05) is 11.4 Å². The van der Waals surface area contributed by atoms with Crippen LogP contribution in [0.15, 0.2) is 48.5 Å². The molecule has 0 aliphatic heterocycles. The van der Waals surface area contributed by atoms with Gasteiger partial charge in [-0.25, -0.2) is 0 Å². The number of carbonyl (C=O) groups is 1. The second-order valence-corrected chi connectivity index (χ2v) is 5.79. The van der Waals surface area contributed by atoms with Crippen LogP contribution in [0, 0.1) is 0 Å². The van der Waals surface area contributed by atoms with Gasteiger partial charge in [-0.15, -0.1) is 0 Å². The Labute approximate surface area is 147 Å². The fourth-order valence-electron chi connectivity index (χ4n) is 2.22. The number of benzene rings is 2. The molecular weight excluding hydrogens is 326 g/mol. The van der Waals surface area contributed by atoms with E-state index in [-0.39, 0.29) is 5.91 Å². The van der Waals surface area contributed by atoms with E-state index in [1.165, 1.54) is 5.56 Å². The number of halogens is 1. The Morgan fingerprint density at radius 2 is 1.71 bits per heavy atom. The SMILES string of the molecule is COc1ccc(OCCNC(=O)CCCc2ccc(Cl)cc2)cc1. The molecule has 0 spiro atoms. The summed E-state index contributed by atoms with van der Waals surface area (Å²) in [7, 11) is 1.62. The molecular formula is C19H22ClNO3. The minimum Gasteiger partial charge on any atom is -0.497 e. The Morgan fingerprint density at radius 3 is 2.38 bits per heavy atom. The maximum absolute atomic E-state index is 11.8. The van der Waals surface area contributed by atoms with Crippen LogP contribution >= 0.6 is 11.6 Å². The molecule has 128 valence electrons. The van der Waals surface area contributed by atoms with Gasteiger partial charge in [-0.1, -0.05) is 23.7 Å². The highest BCUT2D eigenvalue weighted by molar-refractivity contribution is 6.30. The van der Waals surface area contributed by atoms with E-state index in [1.54, 1.807) is 7.11 Å². The highest BCUT2D eigenvalue weighted by Crippen LogP contribution is 2.16. The second kappa shape index (κ2) is 9.83. The third kappa shape index (κ3) is 6.50. The van der Waals surface area contributed by atoms with Gasteiger partial charge >= 0.3 is 0 Å². The molecule has 0 radical (unpaired) electrons. The normalized spacial score (nSPS) is 10.2. The predicted octanol–water partition coefficient (Wildman–Crippen LogP) is 3.87. The first-order valence-electron chi connectivity index (χ1n) is 7.95. The number of aryl methyl sites for hydroxylation is 1. The van der Waals surface area contributed by atoms with Gasteiger partial charge in [0.25, 0.3) is 0 Å². The maximum Gasteiger partial charge on any atom is 0.220 e. The highest BCUT2D eigenvalue weighted by atomic mass is 35.5. The van der Waals surface area contributed by atoms with Gasteiger partial charge in [0.2, 0.25) is 5.91 Å². The van der Waals surface area contributed by atoms with Gasteiger partial charge in [-0.05, 0) is 54.8 Å². The first kappa shape index (κ1) is 18.1. The molecule has 2 aromatic rings. The van der Waals surface area contributed by atoms with E-state index in [9.17, 15) is 4.79 Å². The van der Waals surface area contributed by atoms with Crippen LogP contribution < -0.4 is 14.8 Å². The molecule has 0 aliphatic rings. The van der Waals surface area contributed by atoms with Crippen molar-refractivity contribution in [2.75, 3.05) is 20.3 Å². The summed E-state index contributed by atoms with van der Waals surface area (Å²) in [6, 6.07) is 15.1. The number of hydrogen-bond donors (Lipinski definition) is 1. The van der Waals surface area contributed by atoms with E-state index in [2.05, 4.69) is 5.32 Å². The molecule has 24 heavy (non-hydrogen) atoms. The van der Waals surface area contributed by atoms with Crippen LogP contribution in [0.3, 0.4) is 0 Å². The molecule has 2 rings (SSSR count). The van der Waals surface area contributed by atoms with Crippen LogP contribution in [0.2, 0.25) is 5.02 Å². The zero-order valence-corrected chi connectivity index (χ0v) is 14.5. The van der Waals surface area contributed by atoms with Crippen molar-refractivity contribution in [3.8, 4) is 11.5 Å². The third-order valence-corrected chi connectivity index (χ3v) is 3.79. The van der Waals surface area contributed by atoms with Crippen molar-refractivity contribution in [2.45, 2.75) is 19.3 Å². The van der Waals surface area contributed by atoms with E-state index in [4.69, 9.17) is 21.1 Å². The van der Waals surface area contributed by atoms with E-state index < -0.39 is 0 Å². The summed E-state index contributed by atoms with van der Waals surface area (Å²) in [5.74, 6) is 1.59. The van der Waals surface area contributed by atoms with E-state index in [0.29, 0.717) is 19.6 Å². The molecule has 1 N–H and O–H groups in total. The number of nitrogens with one attached hydrogen (secondary N) is 1. The average Bonchev–Trinajstić information content (AvgIpc) is 2.61. The molecule has 0 aliphatic carbocycles. The average molecular weight is 348 g/mol. The Morgan fingerprint density at radius 1 is 1.04 bits per heavy atom. The number of hydrogen-bond acceptors (Lipinski definition) is 3. The van der Waals surface area contributed by atoms with Gasteiger partial charge in [0.05, 0.1) is 13.7 Å². The van der Waals surface area contributed by atoms with Crippen LogP contribution in [-0.2, 0) is 11.2 Å². The third-order valence-electron chi connectivity index (χ3n) is 3.53. The molecule has 4 nitrogen and oxygen atoms in total. The van der Waals surface area contributed by atoms with E-state index >= 15 is 0 Å². The van der Waals surface area contributed by atoms with Gasteiger partial charge < -0.3 is 14.8 Å². The summed E-state index contributed by atoms with van der Waals surface area (Å²) >= 11 is 5.84. The fourth-order valence-corrected chi connectivity index (χ4v) is 2.35. The smallest absolute Gasteiger partial charge is 0.220 e. The summed E-state index contributed by atoms with van der Waals surface area (Å²) < 4.78 is 10.6. The van der Waals surface area contributed by atoms with Crippen molar-refractivity contribution in [1.82, 2.24) is 5.32 Å². The van der Waals surface area contributed by atoms with Gasteiger partial charge in [0.1, 0.15) is 18.1 Å². The topological polar surface area (TPSA) is 47.6 Å². The van der Waals surface area contributed by atoms with Crippen molar-refractivity contribution in [2.24, 2.45) is 0 Å². The lowest BCUT2D eigenvalue weighted by Crippen LogP contribution is -2.27. The summed E-state index contributed by atoms with van der Waals surface area (Å²) in [5.41, 5.74) is 1.19. The molecule has 1 amide bonds. The number of amides is 1. The first-order valence-corrected chi connectivity index (χ1v) is 8.33. The number of methoxy groups -OCH3 is 1. The van der Waals surface area contributed by atoms with Crippen molar-refractivity contribution < 1.29 is 14.3 Å². The monoisotopic (exact) mass is 347 g/mol. The van der Waals surface area contributed by atoms with Crippen LogP contribution in [0.25, 0.3) is 0 Å². The molecule has 0 saturated carbocycles. The lowest BCUT2D eigenvalue weighted by atomic mass is 10.1. The molecule has 2 aromatic carbocycles. The van der Waals surface area contributed by atoms with Crippen LogP contribution in [0.1, 0.15) is 18.4 Å². The summed E-state index contributed by atoms with van der Waals surface area (Å²) in [6.07, 6.45) is 2.19. The fraction of sp³-hybridized carbons (Fsp3) is 0.316. The van der Waals surface area contributed by atoms with Gasteiger partial charge in [0.15, 0.2) is 0 Å². The number of ether oxygens (including phenoxy) is 2.